The molecule has 0 aromatic carbocycles. The second kappa shape index (κ2) is 3.41. The number of likely N-dealkylation sites (tertiary alicyclic amines) is 1. The number of amides is 1. The fourth-order valence-corrected chi connectivity index (χ4v) is 1.68. The normalized spacial score (nSPS) is 31.2. The summed E-state index contributed by atoms with van der Waals surface area (Å²) in [6.45, 7) is 2.88. The van der Waals surface area contributed by atoms with Gasteiger partial charge in [-0.3, -0.25) is 4.79 Å². The second-order valence-electron chi connectivity index (χ2n) is 3.15. The molecule has 12 heavy (non-hydrogen) atoms. The van der Waals surface area contributed by atoms with Crippen LogP contribution in [-0.2, 0) is 9.53 Å². The number of hydrogen-bond donors (Lipinski definition) is 0. The van der Waals surface area contributed by atoms with Crippen LogP contribution in [0, 0.1) is 0 Å². The third-order valence-corrected chi connectivity index (χ3v) is 2.31. The van der Waals surface area contributed by atoms with Gasteiger partial charge in [-0.25, -0.2) is 5.32 Å². The first kappa shape index (κ1) is 8.01. The van der Waals surface area contributed by atoms with Crippen molar-refractivity contribution in [3.63, 3.8) is 0 Å². The molecule has 1 atom stereocenters. The maximum Gasteiger partial charge on any atom is 0.224 e. The van der Waals surface area contributed by atoms with Crippen LogP contribution in [0.2, 0.25) is 0 Å². The molecule has 1 unspecified atom stereocenters. The summed E-state index contributed by atoms with van der Waals surface area (Å²) in [5.41, 5.74) is 0. The zero-order valence-corrected chi connectivity index (χ0v) is 7.03. The molecular weight excluding hydrogens is 156 g/mol. The summed E-state index contributed by atoms with van der Waals surface area (Å²) in [5, 5.41) is 4.34. The minimum absolute atomic E-state index is 0.00810. The molecule has 4 nitrogen and oxygen atoms in total. The van der Waals surface area contributed by atoms with Crippen LogP contribution in [-0.4, -0.2) is 43.3 Å². The van der Waals surface area contributed by atoms with Gasteiger partial charge in [-0.2, -0.15) is 0 Å². The Kier molecular flexibility index (Phi) is 2.28. The summed E-state index contributed by atoms with van der Waals surface area (Å²) < 4.78 is 5.26. The van der Waals surface area contributed by atoms with Gasteiger partial charge < -0.3 is 9.64 Å². The molecule has 0 aromatic heterocycles. The molecule has 2 heterocycles. The van der Waals surface area contributed by atoms with Crippen molar-refractivity contribution in [2.45, 2.75) is 19.0 Å². The highest BCUT2D eigenvalue weighted by molar-refractivity contribution is 5.78. The molecular formula is C8H13N2O2. The monoisotopic (exact) mass is 169 g/mol. The highest BCUT2D eigenvalue weighted by Crippen LogP contribution is 2.14. The topological polar surface area (TPSA) is 43.6 Å². The van der Waals surface area contributed by atoms with E-state index in [4.69, 9.17) is 4.74 Å². The van der Waals surface area contributed by atoms with E-state index >= 15 is 0 Å². The Labute approximate surface area is 71.9 Å². The van der Waals surface area contributed by atoms with Crippen LogP contribution in [0.3, 0.4) is 0 Å². The minimum atomic E-state index is 0.00810. The highest BCUT2D eigenvalue weighted by Gasteiger charge is 2.29. The SMILES string of the molecule is O=C1CCCN1C1COCC[N]1. The van der Waals surface area contributed by atoms with Gasteiger partial charge in [0.1, 0.15) is 6.17 Å². The minimum Gasteiger partial charge on any atom is -0.376 e. The van der Waals surface area contributed by atoms with Crippen molar-refractivity contribution >= 4 is 5.91 Å². The van der Waals surface area contributed by atoms with E-state index in [1.54, 1.807) is 0 Å². The molecule has 1 amide bonds. The number of rotatable bonds is 1. The van der Waals surface area contributed by atoms with Crippen LogP contribution in [0.5, 0.6) is 0 Å². The number of hydrogen-bond acceptors (Lipinski definition) is 2. The van der Waals surface area contributed by atoms with Gasteiger partial charge in [0.2, 0.25) is 5.91 Å². The zero-order chi connectivity index (χ0) is 8.39. The van der Waals surface area contributed by atoms with E-state index < -0.39 is 0 Å². The van der Waals surface area contributed by atoms with Gasteiger partial charge in [-0.1, -0.05) is 0 Å². The average Bonchev–Trinajstić information content (AvgIpc) is 2.53. The lowest BCUT2D eigenvalue weighted by Gasteiger charge is -2.30. The fraction of sp³-hybridized carbons (Fsp3) is 0.875. The maximum absolute atomic E-state index is 11.3. The van der Waals surface area contributed by atoms with Gasteiger partial charge in [-0.05, 0) is 6.42 Å². The van der Waals surface area contributed by atoms with Crippen LogP contribution in [0.15, 0.2) is 0 Å². The maximum atomic E-state index is 11.3. The van der Waals surface area contributed by atoms with Crippen LogP contribution < -0.4 is 5.32 Å². The average molecular weight is 169 g/mol. The first-order chi connectivity index (χ1) is 5.88. The van der Waals surface area contributed by atoms with Gasteiger partial charge in [0, 0.05) is 19.5 Å². The molecule has 2 aliphatic heterocycles. The summed E-state index contributed by atoms with van der Waals surface area (Å²) in [7, 11) is 0. The smallest absolute Gasteiger partial charge is 0.224 e. The van der Waals surface area contributed by atoms with Crippen molar-refractivity contribution < 1.29 is 9.53 Å². The Bertz CT molecular complexity index is 178. The Morgan fingerprint density at radius 2 is 2.50 bits per heavy atom. The summed E-state index contributed by atoms with van der Waals surface area (Å²) in [6.07, 6.45) is 1.67. The number of carbonyl (C=O) groups excluding carboxylic acids is 1. The largest absolute Gasteiger partial charge is 0.376 e. The van der Waals surface area contributed by atoms with E-state index in [-0.39, 0.29) is 12.1 Å². The van der Waals surface area contributed by atoms with Crippen molar-refractivity contribution in [2.24, 2.45) is 0 Å². The van der Waals surface area contributed by atoms with E-state index in [1.807, 2.05) is 4.90 Å². The quantitative estimate of drug-likeness (QED) is 0.534. The van der Waals surface area contributed by atoms with Crippen molar-refractivity contribution in [1.29, 1.82) is 0 Å². The van der Waals surface area contributed by atoms with E-state index in [0.29, 0.717) is 19.6 Å². The lowest BCUT2D eigenvalue weighted by Crippen LogP contribution is -2.49. The highest BCUT2D eigenvalue weighted by atomic mass is 16.5. The Morgan fingerprint density at radius 1 is 1.58 bits per heavy atom. The van der Waals surface area contributed by atoms with Crippen molar-refractivity contribution in [3.05, 3.63) is 0 Å². The van der Waals surface area contributed by atoms with E-state index in [2.05, 4.69) is 5.32 Å². The number of carbonyl (C=O) groups is 1. The summed E-state index contributed by atoms with van der Waals surface area (Å²) in [4.78, 5) is 13.1. The van der Waals surface area contributed by atoms with Crippen molar-refractivity contribution in [3.8, 4) is 0 Å². The van der Waals surface area contributed by atoms with Gasteiger partial charge in [0.25, 0.3) is 0 Å². The van der Waals surface area contributed by atoms with Crippen LogP contribution in [0.1, 0.15) is 12.8 Å². The Morgan fingerprint density at radius 3 is 3.08 bits per heavy atom. The zero-order valence-electron chi connectivity index (χ0n) is 7.03. The van der Waals surface area contributed by atoms with Crippen LogP contribution in [0.25, 0.3) is 0 Å². The van der Waals surface area contributed by atoms with Crippen molar-refractivity contribution in [2.75, 3.05) is 26.3 Å². The van der Waals surface area contributed by atoms with Crippen LogP contribution >= 0.6 is 0 Å². The van der Waals surface area contributed by atoms with Gasteiger partial charge in [-0.15, -0.1) is 0 Å². The third-order valence-electron chi connectivity index (χ3n) is 2.31. The first-order valence-corrected chi connectivity index (χ1v) is 4.42. The molecule has 2 aliphatic rings. The molecule has 0 N–H and O–H groups in total. The molecule has 4 heteroatoms. The number of morpholine rings is 1. The molecule has 0 aromatic rings. The van der Waals surface area contributed by atoms with E-state index in [1.165, 1.54) is 0 Å². The first-order valence-electron chi connectivity index (χ1n) is 4.42. The van der Waals surface area contributed by atoms with Crippen molar-refractivity contribution in [1.82, 2.24) is 10.2 Å². The van der Waals surface area contributed by atoms with Gasteiger partial charge in [0.15, 0.2) is 0 Å². The molecule has 67 valence electrons. The van der Waals surface area contributed by atoms with Gasteiger partial charge in [0.05, 0.1) is 13.2 Å². The molecule has 0 bridgehead atoms. The molecule has 0 saturated carbocycles. The molecule has 2 fully saturated rings. The molecule has 2 rings (SSSR count). The molecule has 0 aliphatic carbocycles. The standard InChI is InChI=1S/C8H13N2O2/c11-8-2-1-4-10(8)7-6-12-5-3-9-7/h7H,1-6H2. The Balaban J connectivity index is 1.93. The summed E-state index contributed by atoms with van der Waals surface area (Å²) >= 11 is 0. The lowest BCUT2D eigenvalue weighted by atomic mass is 10.4. The number of ether oxygens (including phenoxy) is 1. The molecule has 2 saturated heterocycles. The van der Waals surface area contributed by atoms with E-state index in [9.17, 15) is 4.79 Å². The predicted molar refractivity (Wildman–Crippen MR) is 42.6 cm³/mol. The molecule has 0 spiro atoms. The molecule has 1 radical (unpaired) electrons. The summed E-state index contributed by atoms with van der Waals surface area (Å²) in [6, 6.07) is 0. The van der Waals surface area contributed by atoms with Gasteiger partial charge >= 0.3 is 0 Å². The third kappa shape index (κ3) is 1.44. The van der Waals surface area contributed by atoms with E-state index in [0.717, 1.165) is 19.5 Å². The number of nitrogens with zero attached hydrogens (tertiary/aromatic N) is 2. The lowest BCUT2D eigenvalue weighted by molar-refractivity contribution is -0.133. The fourth-order valence-electron chi connectivity index (χ4n) is 1.68. The van der Waals surface area contributed by atoms with Crippen LogP contribution in [0.4, 0.5) is 0 Å². The predicted octanol–water partition coefficient (Wildman–Crippen LogP) is -0.431. The second-order valence-corrected chi connectivity index (χ2v) is 3.15. The Hall–Kier alpha value is -0.610. The summed E-state index contributed by atoms with van der Waals surface area (Å²) in [5.74, 6) is 0.231.